The van der Waals surface area contributed by atoms with Crippen molar-refractivity contribution < 1.29 is 14.3 Å². The lowest BCUT2D eigenvalue weighted by atomic mass is 10.00. The number of fused-ring (bicyclic) bond motifs is 1. The molecule has 150 valence electrons. The quantitative estimate of drug-likeness (QED) is 0.619. The van der Waals surface area contributed by atoms with Crippen molar-refractivity contribution in [2.75, 3.05) is 6.61 Å². The predicted octanol–water partition coefficient (Wildman–Crippen LogP) is 3.86. The summed E-state index contributed by atoms with van der Waals surface area (Å²) in [7, 11) is 0. The summed E-state index contributed by atoms with van der Waals surface area (Å²) in [6.45, 7) is 5.93. The maximum absolute atomic E-state index is 12.2. The minimum absolute atomic E-state index is 0.176. The highest BCUT2D eigenvalue weighted by atomic mass is 16.5. The van der Waals surface area contributed by atoms with Crippen LogP contribution in [0.4, 0.5) is 0 Å². The molecule has 0 aliphatic rings. The van der Waals surface area contributed by atoms with E-state index in [1.54, 1.807) is 30.6 Å². The Kier molecular flexibility index (Phi) is 6.54. The topological polar surface area (TPSA) is 81.2 Å². The number of nitrogens with one attached hydrogen (secondary N) is 1. The number of hydrogen-bond acceptors (Lipinski definition) is 5. The Balaban J connectivity index is 1.52. The van der Waals surface area contributed by atoms with E-state index in [4.69, 9.17) is 4.74 Å². The standard InChI is InChI=1S/C23H25N3O3/c1-15(2)12-17-4-6-18(7-5-17)16(3)26-22(27)14-29-23(28)19-8-9-20-21(13-19)25-11-10-24-20/h4-11,13,15-16H,12,14H2,1-3H3,(H,26,27)/t16-/m0/s1. The Morgan fingerprint density at radius 1 is 0.966 bits per heavy atom. The molecule has 1 atom stereocenters. The van der Waals surface area contributed by atoms with E-state index < -0.39 is 5.97 Å². The maximum Gasteiger partial charge on any atom is 0.338 e. The summed E-state index contributed by atoms with van der Waals surface area (Å²) in [6, 6.07) is 12.9. The Morgan fingerprint density at radius 2 is 1.66 bits per heavy atom. The molecule has 1 heterocycles. The van der Waals surface area contributed by atoms with Gasteiger partial charge in [0.15, 0.2) is 6.61 Å². The van der Waals surface area contributed by atoms with E-state index in [2.05, 4.69) is 41.3 Å². The lowest BCUT2D eigenvalue weighted by Gasteiger charge is -2.15. The summed E-state index contributed by atoms with van der Waals surface area (Å²) in [4.78, 5) is 32.7. The van der Waals surface area contributed by atoms with Gasteiger partial charge in [-0.2, -0.15) is 0 Å². The smallest absolute Gasteiger partial charge is 0.338 e. The average molecular weight is 391 g/mol. The van der Waals surface area contributed by atoms with Crippen LogP contribution in [0.25, 0.3) is 11.0 Å². The first-order chi connectivity index (χ1) is 13.9. The Bertz CT molecular complexity index is 1000. The zero-order chi connectivity index (χ0) is 20.8. The Labute approximate surface area is 170 Å². The molecule has 0 fully saturated rings. The van der Waals surface area contributed by atoms with Crippen LogP contribution in [0.3, 0.4) is 0 Å². The van der Waals surface area contributed by atoms with Crippen LogP contribution in [0.15, 0.2) is 54.9 Å². The van der Waals surface area contributed by atoms with E-state index in [0.29, 0.717) is 22.5 Å². The molecule has 0 aliphatic heterocycles. The summed E-state index contributed by atoms with van der Waals surface area (Å²) in [5, 5.41) is 2.85. The van der Waals surface area contributed by atoms with Gasteiger partial charge < -0.3 is 10.1 Å². The second kappa shape index (κ2) is 9.28. The average Bonchev–Trinajstić information content (AvgIpc) is 2.71. The number of benzene rings is 2. The van der Waals surface area contributed by atoms with Gasteiger partial charge in [-0.25, -0.2) is 4.79 Å². The number of carbonyl (C=O) groups excluding carboxylic acids is 2. The first-order valence-electron chi connectivity index (χ1n) is 9.68. The predicted molar refractivity (Wildman–Crippen MR) is 111 cm³/mol. The van der Waals surface area contributed by atoms with Crippen LogP contribution in [0.2, 0.25) is 0 Å². The van der Waals surface area contributed by atoms with Crippen LogP contribution in [0.1, 0.15) is 48.3 Å². The van der Waals surface area contributed by atoms with Gasteiger partial charge in [0.1, 0.15) is 0 Å². The van der Waals surface area contributed by atoms with Gasteiger partial charge in [0, 0.05) is 12.4 Å². The van der Waals surface area contributed by atoms with Crippen molar-refractivity contribution in [3.05, 3.63) is 71.5 Å². The van der Waals surface area contributed by atoms with E-state index in [-0.39, 0.29) is 18.6 Å². The molecule has 3 rings (SSSR count). The van der Waals surface area contributed by atoms with E-state index >= 15 is 0 Å². The minimum Gasteiger partial charge on any atom is -0.452 e. The number of aromatic nitrogens is 2. The second-order valence-electron chi connectivity index (χ2n) is 7.46. The van der Waals surface area contributed by atoms with Crippen LogP contribution in [-0.2, 0) is 16.0 Å². The summed E-state index contributed by atoms with van der Waals surface area (Å²) in [5.74, 6) is -0.321. The third-order valence-electron chi connectivity index (χ3n) is 4.54. The van der Waals surface area contributed by atoms with Crippen molar-refractivity contribution in [3.8, 4) is 0 Å². The molecule has 0 aliphatic carbocycles. The Hall–Kier alpha value is -3.28. The lowest BCUT2D eigenvalue weighted by molar-refractivity contribution is -0.124. The van der Waals surface area contributed by atoms with E-state index in [1.807, 2.05) is 19.1 Å². The monoisotopic (exact) mass is 391 g/mol. The van der Waals surface area contributed by atoms with Gasteiger partial charge in [-0.05, 0) is 48.6 Å². The van der Waals surface area contributed by atoms with Crippen LogP contribution in [0.5, 0.6) is 0 Å². The third kappa shape index (κ3) is 5.60. The largest absolute Gasteiger partial charge is 0.452 e. The molecule has 0 saturated carbocycles. The molecule has 2 aromatic carbocycles. The van der Waals surface area contributed by atoms with Gasteiger partial charge in [0.2, 0.25) is 0 Å². The highest BCUT2D eigenvalue weighted by Crippen LogP contribution is 2.16. The number of hydrogen-bond donors (Lipinski definition) is 1. The second-order valence-corrected chi connectivity index (χ2v) is 7.46. The summed E-state index contributed by atoms with van der Waals surface area (Å²) in [5.41, 5.74) is 3.90. The van der Waals surface area contributed by atoms with Crippen LogP contribution < -0.4 is 5.32 Å². The maximum atomic E-state index is 12.2. The van der Waals surface area contributed by atoms with Crippen LogP contribution in [-0.4, -0.2) is 28.5 Å². The molecule has 0 saturated heterocycles. The highest BCUT2D eigenvalue weighted by Gasteiger charge is 2.14. The molecule has 0 unspecified atom stereocenters. The minimum atomic E-state index is -0.571. The number of ether oxygens (including phenoxy) is 1. The van der Waals surface area contributed by atoms with Crippen molar-refractivity contribution >= 4 is 22.9 Å². The van der Waals surface area contributed by atoms with Crippen molar-refractivity contribution in [2.45, 2.75) is 33.2 Å². The lowest BCUT2D eigenvalue weighted by Crippen LogP contribution is -2.31. The molecule has 3 aromatic rings. The molecular weight excluding hydrogens is 366 g/mol. The van der Waals surface area contributed by atoms with E-state index in [0.717, 1.165) is 12.0 Å². The summed E-state index contributed by atoms with van der Waals surface area (Å²) >= 11 is 0. The molecule has 1 aromatic heterocycles. The first-order valence-corrected chi connectivity index (χ1v) is 9.68. The van der Waals surface area contributed by atoms with Crippen molar-refractivity contribution in [1.29, 1.82) is 0 Å². The van der Waals surface area contributed by atoms with Gasteiger partial charge in [-0.1, -0.05) is 38.1 Å². The number of carbonyl (C=O) groups is 2. The van der Waals surface area contributed by atoms with Crippen molar-refractivity contribution in [3.63, 3.8) is 0 Å². The normalized spacial score (nSPS) is 12.0. The fourth-order valence-electron chi connectivity index (χ4n) is 3.08. The van der Waals surface area contributed by atoms with Gasteiger partial charge in [-0.3, -0.25) is 14.8 Å². The summed E-state index contributed by atoms with van der Waals surface area (Å²) < 4.78 is 5.14. The number of amides is 1. The molecule has 0 radical (unpaired) electrons. The van der Waals surface area contributed by atoms with Crippen LogP contribution >= 0.6 is 0 Å². The number of nitrogens with zero attached hydrogens (tertiary/aromatic N) is 2. The van der Waals surface area contributed by atoms with Crippen molar-refractivity contribution in [2.24, 2.45) is 5.92 Å². The molecule has 1 N–H and O–H groups in total. The SMILES string of the molecule is CC(C)Cc1ccc([C@H](C)NC(=O)COC(=O)c2ccc3nccnc3c2)cc1. The fraction of sp³-hybridized carbons (Fsp3) is 0.304. The highest BCUT2D eigenvalue weighted by molar-refractivity contribution is 5.94. The van der Waals surface area contributed by atoms with Gasteiger partial charge >= 0.3 is 5.97 Å². The number of esters is 1. The first kappa shape index (κ1) is 20.5. The molecule has 6 heteroatoms. The van der Waals surface area contributed by atoms with Crippen molar-refractivity contribution in [1.82, 2.24) is 15.3 Å². The zero-order valence-electron chi connectivity index (χ0n) is 16.9. The molecule has 6 nitrogen and oxygen atoms in total. The fourth-order valence-corrected chi connectivity index (χ4v) is 3.08. The van der Waals surface area contributed by atoms with Gasteiger partial charge in [-0.15, -0.1) is 0 Å². The molecular formula is C23H25N3O3. The molecule has 0 bridgehead atoms. The van der Waals surface area contributed by atoms with E-state index in [9.17, 15) is 9.59 Å². The van der Waals surface area contributed by atoms with Crippen LogP contribution in [0, 0.1) is 5.92 Å². The number of rotatable bonds is 7. The molecule has 1 amide bonds. The molecule has 29 heavy (non-hydrogen) atoms. The Morgan fingerprint density at radius 3 is 2.34 bits per heavy atom. The molecule has 0 spiro atoms. The van der Waals surface area contributed by atoms with Gasteiger partial charge in [0.05, 0.1) is 22.6 Å². The zero-order valence-corrected chi connectivity index (χ0v) is 16.9. The van der Waals surface area contributed by atoms with E-state index in [1.165, 1.54) is 5.56 Å². The summed E-state index contributed by atoms with van der Waals surface area (Å²) in [6.07, 6.45) is 4.17. The van der Waals surface area contributed by atoms with Gasteiger partial charge in [0.25, 0.3) is 5.91 Å². The third-order valence-corrected chi connectivity index (χ3v) is 4.54.